The van der Waals surface area contributed by atoms with Crippen LogP contribution in [-0.4, -0.2) is 31.8 Å². The number of nitrogens with zero attached hydrogens (tertiary/aromatic N) is 3. The Hall–Kier alpha value is -2.05. The number of nitrogens with one attached hydrogen (secondary N) is 1. The van der Waals surface area contributed by atoms with Crippen molar-refractivity contribution in [3.05, 3.63) is 46.9 Å². The first-order valence-electron chi connectivity index (χ1n) is 7.19. The molecule has 7 heteroatoms. The van der Waals surface area contributed by atoms with Crippen LogP contribution in [-0.2, 0) is 17.2 Å². The van der Waals surface area contributed by atoms with Gasteiger partial charge in [0, 0.05) is 19.0 Å². The lowest BCUT2D eigenvalue weighted by molar-refractivity contribution is -0.0589. The van der Waals surface area contributed by atoms with Crippen LogP contribution in [0.2, 0.25) is 0 Å². The number of halogens is 1. The molecule has 1 aromatic carbocycles. The highest BCUT2D eigenvalue weighted by molar-refractivity contribution is 6.16. The summed E-state index contributed by atoms with van der Waals surface area (Å²) in [6.07, 6.45) is 4.62. The van der Waals surface area contributed by atoms with Crippen LogP contribution >= 0.6 is 11.6 Å². The highest BCUT2D eigenvalue weighted by Crippen LogP contribution is 2.23. The highest BCUT2D eigenvalue weighted by Gasteiger charge is 2.21. The van der Waals surface area contributed by atoms with Crippen LogP contribution in [0.25, 0.3) is 16.7 Å². The molecule has 1 N–H and O–H groups in total. The Morgan fingerprint density at radius 3 is 2.95 bits per heavy atom. The zero-order valence-electron chi connectivity index (χ0n) is 11.8. The molecule has 2 aromatic heterocycles. The van der Waals surface area contributed by atoms with E-state index in [0.29, 0.717) is 5.88 Å². The van der Waals surface area contributed by atoms with Gasteiger partial charge < -0.3 is 14.3 Å². The van der Waals surface area contributed by atoms with Gasteiger partial charge in [-0.05, 0) is 24.6 Å². The molecule has 6 nitrogen and oxygen atoms in total. The number of hydrogen-bond donors (Lipinski definition) is 1. The fourth-order valence-electron chi connectivity index (χ4n) is 2.78. The van der Waals surface area contributed by atoms with E-state index in [4.69, 9.17) is 16.3 Å². The van der Waals surface area contributed by atoms with Gasteiger partial charge in [-0.3, -0.25) is 4.57 Å². The number of aromatic nitrogens is 4. The van der Waals surface area contributed by atoms with Crippen molar-refractivity contribution in [1.29, 1.82) is 0 Å². The molecule has 1 aliphatic heterocycles. The standard InChI is InChI=1S/C15H15ClN4O2/c16-8-14-18-12-7-10(19-5-4-17-15(19)21)1-2-13(12)20(14)9-11-3-6-22-11/h1-2,4-5,7,11H,3,6,8-9H2,(H,17,21). The first kappa shape index (κ1) is 13.6. The van der Waals surface area contributed by atoms with E-state index in [1.54, 1.807) is 17.0 Å². The first-order chi connectivity index (χ1) is 10.8. The quantitative estimate of drug-likeness (QED) is 0.749. The van der Waals surface area contributed by atoms with Crippen molar-refractivity contribution in [3.8, 4) is 5.69 Å². The highest BCUT2D eigenvalue weighted by atomic mass is 35.5. The molecule has 0 spiro atoms. The summed E-state index contributed by atoms with van der Waals surface area (Å²) >= 11 is 6.03. The molecule has 1 unspecified atom stereocenters. The van der Waals surface area contributed by atoms with E-state index >= 15 is 0 Å². The van der Waals surface area contributed by atoms with Gasteiger partial charge in [0.25, 0.3) is 0 Å². The van der Waals surface area contributed by atoms with Crippen LogP contribution in [0.1, 0.15) is 12.2 Å². The molecule has 1 aliphatic rings. The number of alkyl halides is 1. The predicted molar refractivity (Wildman–Crippen MR) is 83.6 cm³/mol. The topological polar surface area (TPSA) is 64.8 Å². The van der Waals surface area contributed by atoms with E-state index in [-0.39, 0.29) is 11.8 Å². The molecule has 0 aliphatic carbocycles. The maximum Gasteiger partial charge on any atom is 0.330 e. The molecule has 3 aromatic rings. The summed E-state index contributed by atoms with van der Waals surface area (Å²) in [5.41, 5.74) is 2.46. The number of imidazole rings is 2. The molecule has 0 amide bonds. The van der Waals surface area contributed by atoms with Crippen LogP contribution in [0.5, 0.6) is 0 Å². The molecule has 1 saturated heterocycles. The van der Waals surface area contributed by atoms with Crippen LogP contribution < -0.4 is 5.69 Å². The number of ether oxygens (including phenoxy) is 1. The van der Waals surface area contributed by atoms with Crippen LogP contribution in [0.15, 0.2) is 35.4 Å². The third-order valence-corrected chi connectivity index (χ3v) is 4.28. The third-order valence-electron chi connectivity index (χ3n) is 4.04. The summed E-state index contributed by atoms with van der Waals surface area (Å²) in [6, 6.07) is 5.79. The Bertz CT molecular complexity index is 875. The van der Waals surface area contributed by atoms with Gasteiger partial charge in [0.1, 0.15) is 5.82 Å². The minimum atomic E-state index is -0.167. The molecular formula is C15H15ClN4O2. The molecule has 1 fully saturated rings. The number of rotatable bonds is 4. The lowest BCUT2D eigenvalue weighted by atomic mass is 10.2. The molecule has 1 atom stereocenters. The minimum absolute atomic E-state index is 0.167. The van der Waals surface area contributed by atoms with E-state index in [1.807, 2.05) is 18.2 Å². The number of aromatic amines is 1. The summed E-state index contributed by atoms with van der Waals surface area (Å²) in [5, 5.41) is 0. The van der Waals surface area contributed by atoms with E-state index < -0.39 is 0 Å². The van der Waals surface area contributed by atoms with Gasteiger partial charge in [0.05, 0.1) is 35.2 Å². The lowest BCUT2D eigenvalue weighted by Gasteiger charge is -2.27. The van der Waals surface area contributed by atoms with Gasteiger partial charge >= 0.3 is 5.69 Å². The van der Waals surface area contributed by atoms with Gasteiger partial charge in [-0.25, -0.2) is 9.78 Å². The largest absolute Gasteiger partial charge is 0.376 e. The third kappa shape index (κ3) is 2.15. The summed E-state index contributed by atoms with van der Waals surface area (Å²) in [7, 11) is 0. The second-order valence-corrected chi connectivity index (χ2v) is 5.63. The SMILES string of the molecule is O=c1[nH]ccn1-c1ccc2c(c1)nc(CCl)n2CC1CCO1. The fraction of sp³-hybridized carbons (Fsp3) is 0.333. The van der Waals surface area contributed by atoms with Crippen LogP contribution in [0.3, 0.4) is 0 Å². The van der Waals surface area contributed by atoms with Crippen molar-refractivity contribution < 1.29 is 4.74 Å². The summed E-state index contributed by atoms with van der Waals surface area (Å²) in [6.45, 7) is 1.59. The van der Waals surface area contributed by atoms with Gasteiger partial charge in [-0.15, -0.1) is 11.6 Å². The van der Waals surface area contributed by atoms with E-state index in [9.17, 15) is 4.79 Å². The summed E-state index contributed by atoms with van der Waals surface area (Å²) in [4.78, 5) is 18.9. The molecule has 0 radical (unpaired) electrons. The number of hydrogen-bond acceptors (Lipinski definition) is 3. The van der Waals surface area contributed by atoms with E-state index in [0.717, 1.165) is 42.1 Å². The zero-order chi connectivity index (χ0) is 15.1. The Balaban J connectivity index is 1.80. The van der Waals surface area contributed by atoms with Crippen molar-refractivity contribution >= 4 is 22.6 Å². The Kier molecular flexibility index (Phi) is 3.28. The van der Waals surface area contributed by atoms with E-state index in [1.165, 1.54) is 0 Å². The second kappa shape index (κ2) is 5.30. The van der Waals surface area contributed by atoms with Crippen molar-refractivity contribution in [1.82, 2.24) is 19.1 Å². The van der Waals surface area contributed by atoms with Gasteiger partial charge in [-0.2, -0.15) is 0 Å². The molecule has 3 heterocycles. The number of fused-ring (bicyclic) bond motifs is 1. The van der Waals surface area contributed by atoms with Gasteiger partial charge in [-0.1, -0.05) is 0 Å². The van der Waals surface area contributed by atoms with Crippen LogP contribution in [0.4, 0.5) is 0 Å². The maximum atomic E-state index is 11.7. The Labute approximate surface area is 131 Å². The molecule has 114 valence electrons. The first-order valence-corrected chi connectivity index (χ1v) is 7.73. The zero-order valence-corrected chi connectivity index (χ0v) is 12.6. The molecular weight excluding hydrogens is 304 g/mol. The second-order valence-electron chi connectivity index (χ2n) is 5.36. The molecule has 4 rings (SSSR count). The van der Waals surface area contributed by atoms with Crippen LogP contribution in [0, 0.1) is 0 Å². The predicted octanol–water partition coefficient (Wildman–Crippen LogP) is 2.04. The van der Waals surface area contributed by atoms with Gasteiger partial charge in [0.15, 0.2) is 0 Å². The number of H-pyrrole nitrogens is 1. The van der Waals surface area contributed by atoms with Crippen molar-refractivity contribution in [2.75, 3.05) is 6.61 Å². The summed E-state index contributed by atoms with van der Waals surface area (Å²) < 4.78 is 9.17. The van der Waals surface area contributed by atoms with Crippen molar-refractivity contribution in [2.24, 2.45) is 0 Å². The number of benzene rings is 1. The maximum absolute atomic E-state index is 11.7. The Morgan fingerprint density at radius 2 is 2.32 bits per heavy atom. The molecule has 22 heavy (non-hydrogen) atoms. The fourth-order valence-corrected chi connectivity index (χ4v) is 2.98. The monoisotopic (exact) mass is 318 g/mol. The van der Waals surface area contributed by atoms with Gasteiger partial charge in [0.2, 0.25) is 0 Å². The average molecular weight is 319 g/mol. The normalized spacial score (nSPS) is 17.8. The van der Waals surface area contributed by atoms with Crippen molar-refractivity contribution in [2.45, 2.75) is 24.9 Å². The average Bonchev–Trinajstić information content (AvgIpc) is 3.05. The Morgan fingerprint density at radius 1 is 1.45 bits per heavy atom. The smallest absolute Gasteiger partial charge is 0.330 e. The minimum Gasteiger partial charge on any atom is -0.376 e. The molecule has 0 bridgehead atoms. The summed E-state index contributed by atoms with van der Waals surface area (Å²) in [5.74, 6) is 1.17. The lowest BCUT2D eigenvalue weighted by Crippen LogP contribution is -2.31. The molecule has 0 saturated carbocycles. The van der Waals surface area contributed by atoms with E-state index in [2.05, 4.69) is 14.5 Å². The van der Waals surface area contributed by atoms with Crippen molar-refractivity contribution in [3.63, 3.8) is 0 Å².